The van der Waals surface area contributed by atoms with E-state index in [1.165, 1.54) is 0 Å². The van der Waals surface area contributed by atoms with Crippen LogP contribution in [0.2, 0.25) is 0 Å². The van der Waals surface area contributed by atoms with Gasteiger partial charge in [0, 0.05) is 23.5 Å². The Kier molecular flexibility index (Phi) is 3.49. The van der Waals surface area contributed by atoms with E-state index in [-0.39, 0.29) is 11.9 Å². The number of fused-ring (bicyclic) bond motifs is 1. The second-order valence-electron chi connectivity index (χ2n) is 5.60. The van der Waals surface area contributed by atoms with E-state index < -0.39 is 0 Å². The molecule has 0 saturated carbocycles. The smallest absolute Gasteiger partial charge is 0.287 e. The lowest BCUT2D eigenvalue weighted by atomic mass is 9.94. The molecule has 0 spiro atoms. The van der Waals surface area contributed by atoms with Crippen molar-refractivity contribution in [2.45, 2.75) is 26.3 Å². The Morgan fingerprint density at radius 3 is 2.95 bits per heavy atom. The Hall–Kier alpha value is -1.81. The van der Waals surface area contributed by atoms with Crippen LogP contribution >= 0.6 is 0 Å². The molecule has 0 bridgehead atoms. The minimum absolute atomic E-state index is 0.112. The second kappa shape index (κ2) is 5.29. The number of carbonyl (C=O) groups is 1. The average Bonchev–Trinajstić information content (AvgIpc) is 2.79. The highest BCUT2D eigenvalue weighted by molar-refractivity contribution is 5.99. The number of amides is 1. The van der Waals surface area contributed by atoms with Crippen LogP contribution < -0.4 is 10.6 Å². The molecule has 2 unspecified atom stereocenters. The maximum Gasteiger partial charge on any atom is 0.287 e. The number of furan rings is 1. The molecule has 1 fully saturated rings. The zero-order chi connectivity index (χ0) is 14.1. The van der Waals surface area contributed by atoms with E-state index in [1.807, 2.05) is 31.2 Å². The van der Waals surface area contributed by atoms with Crippen LogP contribution in [-0.2, 0) is 0 Å². The number of benzene rings is 1. The normalized spacial score (nSPS) is 22.9. The zero-order valence-electron chi connectivity index (χ0n) is 11.9. The van der Waals surface area contributed by atoms with E-state index in [9.17, 15) is 4.79 Å². The van der Waals surface area contributed by atoms with E-state index >= 15 is 0 Å². The highest BCUT2D eigenvalue weighted by Crippen LogP contribution is 2.25. The predicted octanol–water partition coefficient (Wildman–Crippen LogP) is 2.47. The van der Waals surface area contributed by atoms with Crippen LogP contribution in [0, 0.1) is 12.8 Å². The van der Waals surface area contributed by atoms with Gasteiger partial charge in [0.05, 0.1) is 0 Å². The molecular weight excluding hydrogens is 252 g/mol. The number of hydrogen-bond acceptors (Lipinski definition) is 3. The SMILES string of the molecule is Cc1c(C(=O)NC2CNCCC2C)oc2ccccc12. The van der Waals surface area contributed by atoms with Gasteiger partial charge in [-0.1, -0.05) is 25.1 Å². The number of piperidine rings is 1. The summed E-state index contributed by atoms with van der Waals surface area (Å²) in [6, 6.07) is 7.92. The molecule has 1 aliphatic heterocycles. The molecule has 1 aliphatic rings. The number of carbonyl (C=O) groups excluding carboxylic acids is 1. The van der Waals surface area contributed by atoms with Crippen molar-refractivity contribution in [1.82, 2.24) is 10.6 Å². The summed E-state index contributed by atoms with van der Waals surface area (Å²) in [4.78, 5) is 12.4. The minimum Gasteiger partial charge on any atom is -0.451 e. The standard InChI is InChI=1S/C16H20N2O2/c1-10-7-8-17-9-13(10)18-16(19)15-11(2)12-5-3-4-6-14(12)20-15/h3-6,10,13,17H,7-9H2,1-2H3,(H,18,19). The van der Waals surface area contributed by atoms with Crippen molar-refractivity contribution in [2.75, 3.05) is 13.1 Å². The van der Waals surface area contributed by atoms with E-state index in [0.717, 1.165) is 36.0 Å². The molecule has 2 aromatic rings. The van der Waals surface area contributed by atoms with Crippen molar-refractivity contribution in [2.24, 2.45) is 5.92 Å². The highest BCUT2D eigenvalue weighted by Gasteiger charge is 2.25. The molecule has 1 aromatic carbocycles. The van der Waals surface area contributed by atoms with Gasteiger partial charge in [-0.2, -0.15) is 0 Å². The van der Waals surface area contributed by atoms with Gasteiger partial charge in [0.1, 0.15) is 5.58 Å². The molecule has 1 aromatic heterocycles. The van der Waals surface area contributed by atoms with Crippen molar-refractivity contribution in [3.05, 3.63) is 35.6 Å². The molecule has 106 valence electrons. The fourth-order valence-electron chi connectivity index (χ4n) is 2.81. The lowest BCUT2D eigenvalue weighted by Gasteiger charge is -2.29. The van der Waals surface area contributed by atoms with Gasteiger partial charge < -0.3 is 15.1 Å². The van der Waals surface area contributed by atoms with Gasteiger partial charge in [-0.3, -0.25) is 4.79 Å². The molecule has 3 rings (SSSR count). The summed E-state index contributed by atoms with van der Waals surface area (Å²) in [5, 5.41) is 7.42. The Bertz CT molecular complexity index is 632. The molecule has 2 heterocycles. The summed E-state index contributed by atoms with van der Waals surface area (Å²) < 4.78 is 5.70. The highest BCUT2D eigenvalue weighted by atomic mass is 16.3. The lowest BCUT2D eigenvalue weighted by Crippen LogP contribution is -2.50. The van der Waals surface area contributed by atoms with E-state index in [4.69, 9.17) is 4.42 Å². The first-order chi connectivity index (χ1) is 9.66. The Labute approximate surface area is 118 Å². The minimum atomic E-state index is -0.112. The average molecular weight is 272 g/mol. The van der Waals surface area contributed by atoms with Crippen LogP contribution in [0.15, 0.2) is 28.7 Å². The van der Waals surface area contributed by atoms with E-state index in [1.54, 1.807) is 0 Å². The predicted molar refractivity (Wildman–Crippen MR) is 78.9 cm³/mol. The third-order valence-electron chi connectivity index (χ3n) is 4.19. The van der Waals surface area contributed by atoms with E-state index in [2.05, 4.69) is 17.6 Å². The molecule has 20 heavy (non-hydrogen) atoms. The first-order valence-corrected chi connectivity index (χ1v) is 7.16. The van der Waals surface area contributed by atoms with Gasteiger partial charge >= 0.3 is 0 Å². The van der Waals surface area contributed by atoms with Crippen molar-refractivity contribution in [3.63, 3.8) is 0 Å². The van der Waals surface area contributed by atoms with Crippen LogP contribution in [0.5, 0.6) is 0 Å². The Morgan fingerprint density at radius 1 is 1.40 bits per heavy atom. The number of para-hydroxylation sites is 1. The van der Waals surface area contributed by atoms with Crippen LogP contribution in [-0.4, -0.2) is 25.0 Å². The molecule has 2 atom stereocenters. The van der Waals surface area contributed by atoms with E-state index in [0.29, 0.717) is 11.7 Å². The largest absolute Gasteiger partial charge is 0.451 e. The maximum absolute atomic E-state index is 12.4. The summed E-state index contributed by atoms with van der Waals surface area (Å²) in [5.41, 5.74) is 1.68. The number of hydrogen-bond donors (Lipinski definition) is 2. The molecule has 4 heteroatoms. The van der Waals surface area contributed by atoms with Crippen molar-refractivity contribution in [3.8, 4) is 0 Å². The van der Waals surface area contributed by atoms with Gasteiger partial charge in [0.15, 0.2) is 5.76 Å². The van der Waals surface area contributed by atoms with Crippen LogP contribution in [0.25, 0.3) is 11.0 Å². The number of aryl methyl sites for hydroxylation is 1. The van der Waals surface area contributed by atoms with Gasteiger partial charge in [0.2, 0.25) is 0 Å². The van der Waals surface area contributed by atoms with Gasteiger partial charge in [0.25, 0.3) is 5.91 Å². The van der Waals surface area contributed by atoms with Crippen molar-refractivity contribution >= 4 is 16.9 Å². The monoisotopic (exact) mass is 272 g/mol. The van der Waals surface area contributed by atoms with Crippen molar-refractivity contribution < 1.29 is 9.21 Å². The Morgan fingerprint density at radius 2 is 2.20 bits per heavy atom. The molecule has 1 amide bonds. The molecule has 4 nitrogen and oxygen atoms in total. The third-order valence-corrected chi connectivity index (χ3v) is 4.19. The molecule has 1 saturated heterocycles. The quantitative estimate of drug-likeness (QED) is 0.883. The lowest BCUT2D eigenvalue weighted by molar-refractivity contribution is 0.0888. The molecular formula is C16H20N2O2. The second-order valence-corrected chi connectivity index (χ2v) is 5.60. The topological polar surface area (TPSA) is 54.3 Å². The Balaban J connectivity index is 1.83. The summed E-state index contributed by atoms with van der Waals surface area (Å²) in [6.45, 7) is 5.96. The summed E-state index contributed by atoms with van der Waals surface area (Å²) in [7, 11) is 0. The van der Waals surface area contributed by atoms with Crippen LogP contribution in [0.1, 0.15) is 29.5 Å². The zero-order valence-corrected chi connectivity index (χ0v) is 11.9. The van der Waals surface area contributed by atoms with Gasteiger partial charge in [-0.25, -0.2) is 0 Å². The fourth-order valence-corrected chi connectivity index (χ4v) is 2.81. The third kappa shape index (κ3) is 2.31. The summed E-state index contributed by atoms with van der Waals surface area (Å²) in [5.74, 6) is 0.813. The van der Waals surface area contributed by atoms with Gasteiger partial charge in [-0.15, -0.1) is 0 Å². The number of rotatable bonds is 2. The summed E-state index contributed by atoms with van der Waals surface area (Å²) >= 11 is 0. The first kappa shape index (κ1) is 13.2. The van der Waals surface area contributed by atoms with Crippen LogP contribution in [0.4, 0.5) is 0 Å². The molecule has 0 radical (unpaired) electrons. The first-order valence-electron chi connectivity index (χ1n) is 7.16. The van der Waals surface area contributed by atoms with Crippen LogP contribution in [0.3, 0.4) is 0 Å². The maximum atomic E-state index is 12.4. The fraction of sp³-hybridized carbons (Fsp3) is 0.438. The summed E-state index contributed by atoms with van der Waals surface area (Å²) in [6.07, 6.45) is 1.09. The number of nitrogens with one attached hydrogen (secondary N) is 2. The molecule has 0 aliphatic carbocycles. The van der Waals surface area contributed by atoms with Gasteiger partial charge in [-0.05, 0) is 31.9 Å². The molecule has 2 N–H and O–H groups in total. The van der Waals surface area contributed by atoms with Crippen molar-refractivity contribution in [1.29, 1.82) is 0 Å².